The molecule has 3 heteroatoms. The third kappa shape index (κ3) is 1.77. The molecule has 1 saturated heterocycles. The van der Waals surface area contributed by atoms with Crippen LogP contribution >= 0.6 is 11.6 Å². The molecule has 14 heavy (non-hydrogen) atoms. The van der Waals surface area contributed by atoms with Gasteiger partial charge in [-0.05, 0) is 30.2 Å². The summed E-state index contributed by atoms with van der Waals surface area (Å²) in [6.45, 7) is 4.13. The van der Waals surface area contributed by atoms with Crippen molar-refractivity contribution in [2.75, 3.05) is 13.1 Å². The van der Waals surface area contributed by atoms with E-state index < -0.39 is 0 Å². The van der Waals surface area contributed by atoms with Gasteiger partial charge < -0.3 is 5.32 Å². The predicted octanol–water partition coefficient (Wildman–Crippen LogP) is 2.80. The standard InChI is InChI=1S/C11H13ClFN/c1-7-5-14-6-10(7)9-3-2-8(13)4-11(9)12/h2-4,7,10,14H,5-6H2,1H3/t7-,10-/m0/s1. The van der Waals surface area contributed by atoms with Gasteiger partial charge in [0, 0.05) is 17.5 Å². The molecule has 1 N–H and O–H groups in total. The summed E-state index contributed by atoms with van der Waals surface area (Å²) < 4.78 is 12.8. The zero-order valence-corrected chi connectivity index (χ0v) is 8.81. The molecule has 1 aliphatic heterocycles. The SMILES string of the molecule is C[C@H]1CNC[C@@H]1c1ccc(F)cc1Cl. The fourth-order valence-corrected chi connectivity index (χ4v) is 2.34. The van der Waals surface area contributed by atoms with Crippen LogP contribution in [0.3, 0.4) is 0 Å². The van der Waals surface area contributed by atoms with Crippen molar-refractivity contribution in [3.8, 4) is 0 Å². The first kappa shape index (κ1) is 9.94. The van der Waals surface area contributed by atoms with Gasteiger partial charge in [-0.3, -0.25) is 0 Å². The number of nitrogens with one attached hydrogen (secondary N) is 1. The predicted molar refractivity (Wildman–Crippen MR) is 56.2 cm³/mol. The fourth-order valence-electron chi connectivity index (χ4n) is 2.03. The van der Waals surface area contributed by atoms with Gasteiger partial charge in [-0.2, -0.15) is 0 Å². The van der Waals surface area contributed by atoms with E-state index in [-0.39, 0.29) is 5.82 Å². The van der Waals surface area contributed by atoms with Crippen LogP contribution in [0.25, 0.3) is 0 Å². The summed E-state index contributed by atoms with van der Waals surface area (Å²) >= 11 is 6.01. The minimum atomic E-state index is -0.266. The van der Waals surface area contributed by atoms with Crippen molar-refractivity contribution in [1.29, 1.82) is 0 Å². The average molecular weight is 214 g/mol. The summed E-state index contributed by atoms with van der Waals surface area (Å²) in [5, 5.41) is 3.86. The van der Waals surface area contributed by atoms with E-state index in [4.69, 9.17) is 11.6 Å². The van der Waals surface area contributed by atoms with E-state index in [1.165, 1.54) is 12.1 Å². The monoisotopic (exact) mass is 213 g/mol. The quantitative estimate of drug-likeness (QED) is 0.757. The summed E-state index contributed by atoms with van der Waals surface area (Å²) in [6.07, 6.45) is 0. The smallest absolute Gasteiger partial charge is 0.124 e. The van der Waals surface area contributed by atoms with Gasteiger partial charge in [-0.1, -0.05) is 24.6 Å². The van der Waals surface area contributed by atoms with E-state index in [2.05, 4.69) is 12.2 Å². The van der Waals surface area contributed by atoms with Gasteiger partial charge in [0.1, 0.15) is 5.82 Å². The highest BCUT2D eigenvalue weighted by atomic mass is 35.5. The molecule has 1 nitrogen and oxygen atoms in total. The normalized spacial score (nSPS) is 26.8. The van der Waals surface area contributed by atoms with Gasteiger partial charge in [-0.15, -0.1) is 0 Å². The minimum absolute atomic E-state index is 0.266. The molecule has 2 rings (SSSR count). The fraction of sp³-hybridized carbons (Fsp3) is 0.455. The molecule has 0 spiro atoms. The molecule has 0 saturated carbocycles. The van der Waals surface area contributed by atoms with E-state index in [1.54, 1.807) is 6.07 Å². The second kappa shape index (κ2) is 3.87. The average Bonchev–Trinajstić information content (AvgIpc) is 2.52. The second-order valence-corrected chi connectivity index (χ2v) is 4.32. The minimum Gasteiger partial charge on any atom is -0.316 e. The molecule has 1 fully saturated rings. The van der Waals surface area contributed by atoms with Crippen molar-refractivity contribution in [3.05, 3.63) is 34.6 Å². The highest BCUT2D eigenvalue weighted by Crippen LogP contribution is 2.32. The van der Waals surface area contributed by atoms with Crippen LogP contribution in [-0.2, 0) is 0 Å². The molecule has 1 aromatic rings. The van der Waals surface area contributed by atoms with E-state index in [0.29, 0.717) is 16.9 Å². The molecule has 0 bridgehead atoms. The summed E-state index contributed by atoms with van der Waals surface area (Å²) in [4.78, 5) is 0. The molecule has 0 radical (unpaired) electrons. The Labute approximate surface area is 88.3 Å². The topological polar surface area (TPSA) is 12.0 Å². The first-order chi connectivity index (χ1) is 6.68. The molecule has 1 aromatic carbocycles. The van der Waals surface area contributed by atoms with Crippen LogP contribution in [0, 0.1) is 11.7 Å². The zero-order chi connectivity index (χ0) is 10.1. The lowest BCUT2D eigenvalue weighted by molar-refractivity contribution is 0.569. The zero-order valence-electron chi connectivity index (χ0n) is 8.06. The van der Waals surface area contributed by atoms with Gasteiger partial charge in [-0.25, -0.2) is 4.39 Å². The summed E-state index contributed by atoms with van der Waals surface area (Å²) in [5.74, 6) is 0.721. The maximum absolute atomic E-state index is 12.8. The van der Waals surface area contributed by atoms with Gasteiger partial charge in [0.2, 0.25) is 0 Å². The van der Waals surface area contributed by atoms with E-state index in [9.17, 15) is 4.39 Å². The first-order valence-electron chi connectivity index (χ1n) is 4.84. The number of hydrogen-bond acceptors (Lipinski definition) is 1. The van der Waals surface area contributed by atoms with Crippen LogP contribution in [0.2, 0.25) is 5.02 Å². The molecule has 1 heterocycles. The van der Waals surface area contributed by atoms with Crippen LogP contribution in [0.1, 0.15) is 18.4 Å². The molecule has 2 atom stereocenters. The number of halogens is 2. The lowest BCUT2D eigenvalue weighted by Crippen LogP contribution is -2.08. The highest BCUT2D eigenvalue weighted by molar-refractivity contribution is 6.31. The first-order valence-corrected chi connectivity index (χ1v) is 5.22. The maximum atomic E-state index is 12.8. The molecular formula is C11H13ClFN. The van der Waals surface area contributed by atoms with E-state index >= 15 is 0 Å². The largest absolute Gasteiger partial charge is 0.316 e. The lowest BCUT2D eigenvalue weighted by Gasteiger charge is -2.15. The van der Waals surface area contributed by atoms with Crippen molar-refractivity contribution in [2.45, 2.75) is 12.8 Å². The Morgan fingerprint density at radius 2 is 2.21 bits per heavy atom. The van der Waals surface area contributed by atoms with Crippen LogP contribution in [0.15, 0.2) is 18.2 Å². The van der Waals surface area contributed by atoms with Gasteiger partial charge >= 0.3 is 0 Å². The Hall–Kier alpha value is -0.600. The molecular weight excluding hydrogens is 201 g/mol. The molecule has 0 unspecified atom stereocenters. The third-order valence-corrected chi connectivity index (χ3v) is 3.21. The highest BCUT2D eigenvalue weighted by Gasteiger charge is 2.26. The molecule has 76 valence electrons. The second-order valence-electron chi connectivity index (χ2n) is 3.91. The van der Waals surface area contributed by atoms with Crippen molar-refractivity contribution in [1.82, 2.24) is 5.32 Å². The van der Waals surface area contributed by atoms with Gasteiger partial charge in [0.15, 0.2) is 0 Å². The molecule has 0 aromatic heterocycles. The van der Waals surface area contributed by atoms with Crippen LogP contribution in [-0.4, -0.2) is 13.1 Å². The van der Waals surface area contributed by atoms with E-state index in [1.807, 2.05) is 0 Å². The molecule has 0 amide bonds. The Morgan fingerprint density at radius 3 is 2.79 bits per heavy atom. The van der Waals surface area contributed by atoms with Crippen molar-refractivity contribution >= 4 is 11.6 Å². The van der Waals surface area contributed by atoms with Gasteiger partial charge in [0.25, 0.3) is 0 Å². The van der Waals surface area contributed by atoms with Crippen molar-refractivity contribution < 1.29 is 4.39 Å². The Kier molecular flexibility index (Phi) is 2.75. The molecule has 0 aliphatic carbocycles. The summed E-state index contributed by atoms with van der Waals surface area (Å²) in [5.41, 5.74) is 1.06. The molecule has 1 aliphatic rings. The lowest BCUT2D eigenvalue weighted by atomic mass is 9.90. The number of rotatable bonds is 1. The van der Waals surface area contributed by atoms with Gasteiger partial charge in [0.05, 0.1) is 0 Å². The van der Waals surface area contributed by atoms with E-state index in [0.717, 1.165) is 18.7 Å². The Morgan fingerprint density at radius 1 is 1.43 bits per heavy atom. The van der Waals surface area contributed by atoms with Crippen molar-refractivity contribution in [3.63, 3.8) is 0 Å². The third-order valence-electron chi connectivity index (χ3n) is 2.88. The summed E-state index contributed by atoms with van der Waals surface area (Å²) in [7, 11) is 0. The Balaban J connectivity index is 2.31. The van der Waals surface area contributed by atoms with Crippen LogP contribution < -0.4 is 5.32 Å². The van der Waals surface area contributed by atoms with Crippen LogP contribution in [0.4, 0.5) is 4.39 Å². The maximum Gasteiger partial charge on any atom is 0.124 e. The van der Waals surface area contributed by atoms with Crippen LogP contribution in [0.5, 0.6) is 0 Å². The summed E-state index contributed by atoms with van der Waals surface area (Å²) in [6, 6.07) is 4.67. The number of benzene rings is 1. The van der Waals surface area contributed by atoms with Crippen molar-refractivity contribution in [2.24, 2.45) is 5.92 Å². The number of hydrogen-bond donors (Lipinski definition) is 1. The Bertz CT molecular complexity index is 340.